The van der Waals surface area contributed by atoms with Crippen molar-refractivity contribution in [2.75, 3.05) is 33.9 Å². The fourth-order valence-electron chi connectivity index (χ4n) is 3.24. The standard InChI is InChI=1S/C14H21N3O2/c1-18-13-4-6-16-12(14(13)19-2)9-17-7-10-3-5-15-11(10)8-17/h4,6,10-11,15H,3,5,7-9H2,1-2H3/t10-,11+/m0/s1. The van der Waals surface area contributed by atoms with Crippen molar-refractivity contribution in [3.05, 3.63) is 18.0 Å². The zero-order valence-corrected chi connectivity index (χ0v) is 11.6. The van der Waals surface area contributed by atoms with Gasteiger partial charge in [-0.05, 0) is 18.9 Å². The maximum atomic E-state index is 5.44. The highest BCUT2D eigenvalue weighted by molar-refractivity contribution is 5.42. The van der Waals surface area contributed by atoms with E-state index < -0.39 is 0 Å². The van der Waals surface area contributed by atoms with Gasteiger partial charge in [-0.15, -0.1) is 0 Å². The Balaban J connectivity index is 1.73. The molecule has 0 saturated carbocycles. The third-order valence-corrected chi connectivity index (χ3v) is 4.18. The van der Waals surface area contributed by atoms with Crippen molar-refractivity contribution in [2.24, 2.45) is 5.92 Å². The number of aromatic nitrogens is 1. The van der Waals surface area contributed by atoms with E-state index in [4.69, 9.17) is 9.47 Å². The van der Waals surface area contributed by atoms with Gasteiger partial charge in [-0.25, -0.2) is 0 Å². The molecule has 3 rings (SSSR count). The number of fused-ring (bicyclic) bond motifs is 1. The Bertz CT molecular complexity index is 440. The van der Waals surface area contributed by atoms with Gasteiger partial charge in [-0.2, -0.15) is 0 Å². The fourth-order valence-corrected chi connectivity index (χ4v) is 3.24. The van der Waals surface area contributed by atoms with Gasteiger partial charge >= 0.3 is 0 Å². The van der Waals surface area contributed by atoms with Crippen LogP contribution in [0.15, 0.2) is 12.3 Å². The van der Waals surface area contributed by atoms with Crippen molar-refractivity contribution >= 4 is 0 Å². The Morgan fingerprint density at radius 2 is 2.26 bits per heavy atom. The van der Waals surface area contributed by atoms with Gasteiger partial charge in [0.05, 0.1) is 14.2 Å². The normalized spacial score (nSPS) is 26.4. The first-order chi connectivity index (χ1) is 9.31. The highest BCUT2D eigenvalue weighted by Crippen LogP contribution is 2.32. The Hall–Kier alpha value is -1.33. The van der Waals surface area contributed by atoms with Gasteiger partial charge in [0.25, 0.3) is 0 Å². The van der Waals surface area contributed by atoms with Crippen LogP contribution in [0.1, 0.15) is 12.1 Å². The molecule has 2 fully saturated rings. The zero-order chi connectivity index (χ0) is 13.2. The van der Waals surface area contributed by atoms with E-state index in [1.165, 1.54) is 13.0 Å². The van der Waals surface area contributed by atoms with Gasteiger partial charge in [0.2, 0.25) is 0 Å². The van der Waals surface area contributed by atoms with Gasteiger partial charge in [-0.1, -0.05) is 0 Å². The average molecular weight is 263 g/mol. The van der Waals surface area contributed by atoms with Crippen LogP contribution in [-0.2, 0) is 6.54 Å². The predicted molar refractivity (Wildman–Crippen MR) is 72.5 cm³/mol. The quantitative estimate of drug-likeness (QED) is 0.874. The Morgan fingerprint density at radius 3 is 3.00 bits per heavy atom. The minimum absolute atomic E-state index is 0.664. The number of pyridine rings is 1. The van der Waals surface area contributed by atoms with Gasteiger partial charge in [0.15, 0.2) is 11.5 Å². The van der Waals surface area contributed by atoms with E-state index in [1.807, 2.05) is 6.07 Å². The number of methoxy groups -OCH3 is 2. The van der Waals surface area contributed by atoms with Crippen molar-refractivity contribution < 1.29 is 9.47 Å². The summed E-state index contributed by atoms with van der Waals surface area (Å²) in [6.07, 6.45) is 3.08. The van der Waals surface area contributed by atoms with Crippen molar-refractivity contribution in [3.8, 4) is 11.5 Å². The molecule has 19 heavy (non-hydrogen) atoms. The first kappa shape index (κ1) is 12.7. The maximum Gasteiger partial charge on any atom is 0.183 e. The van der Waals surface area contributed by atoms with Crippen LogP contribution < -0.4 is 14.8 Å². The summed E-state index contributed by atoms with van der Waals surface area (Å²) >= 11 is 0. The molecule has 0 amide bonds. The Kier molecular flexibility index (Phi) is 3.57. The summed E-state index contributed by atoms with van der Waals surface area (Å²) < 4.78 is 10.8. The second-order valence-electron chi connectivity index (χ2n) is 5.30. The number of hydrogen-bond acceptors (Lipinski definition) is 5. The number of nitrogens with zero attached hydrogens (tertiary/aromatic N) is 2. The lowest BCUT2D eigenvalue weighted by atomic mass is 10.1. The molecule has 1 aromatic heterocycles. The van der Waals surface area contributed by atoms with Gasteiger partial charge < -0.3 is 14.8 Å². The molecule has 5 heteroatoms. The van der Waals surface area contributed by atoms with Gasteiger partial charge in [0.1, 0.15) is 5.69 Å². The summed E-state index contributed by atoms with van der Waals surface area (Å²) in [5.41, 5.74) is 0.960. The van der Waals surface area contributed by atoms with Crippen LogP contribution in [0.25, 0.3) is 0 Å². The van der Waals surface area contributed by atoms with Crippen molar-refractivity contribution in [3.63, 3.8) is 0 Å². The molecule has 2 saturated heterocycles. The van der Waals surface area contributed by atoms with E-state index in [9.17, 15) is 0 Å². The summed E-state index contributed by atoms with van der Waals surface area (Å²) in [6, 6.07) is 2.50. The monoisotopic (exact) mass is 263 g/mol. The fraction of sp³-hybridized carbons (Fsp3) is 0.643. The summed E-state index contributed by atoms with van der Waals surface area (Å²) in [4.78, 5) is 6.90. The molecule has 104 valence electrons. The molecule has 3 heterocycles. The van der Waals surface area contributed by atoms with Crippen LogP contribution in [0.2, 0.25) is 0 Å². The van der Waals surface area contributed by atoms with Gasteiger partial charge in [-0.3, -0.25) is 9.88 Å². The van der Waals surface area contributed by atoms with Crippen molar-refractivity contribution in [2.45, 2.75) is 19.0 Å². The SMILES string of the molecule is COc1ccnc(CN2C[C@@H]3CCN[C@@H]3C2)c1OC. The molecule has 5 nitrogen and oxygen atoms in total. The lowest BCUT2D eigenvalue weighted by Gasteiger charge is -2.18. The lowest BCUT2D eigenvalue weighted by Crippen LogP contribution is -2.30. The number of rotatable bonds is 4. The van der Waals surface area contributed by atoms with Crippen LogP contribution in [0.5, 0.6) is 11.5 Å². The van der Waals surface area contributed by atoms with E-state index in [1.54, 1.807) is 20.4 Å². The summed E-state index contributed by atoms with van der Waals surface area (Å²) in [5.74, 6) is 2.32. The van der Waals surface area contributed by atoms with Crippen molar-refractivity contribution in [1.29, 1.82) is 0 Å². The highest BCUT2D eigenvalue weighted by atomic mass is 16.5. The molecule has 1 N–H and O–H groups in total. The van der Waals surface area contributed by atoms with E-state index in [-0.39, 0.29) is 0 Å². The molecule has 0 bridgehead atoms. The number of hydrogen-bond donors (Lipinski definition) is 1. The predicted octanol–water partition coefficient (Wildman–Crippen LogP) is 0.892. The highest BCUT2D eigenvalue weighted by Gasteiger charge is 2.36. The minimum atomic E-state index is 0.664. The topological polar surface area (TPSA) is 46.6 Å². The summed E-state index contributed by atoms with van der Waals surface area (Å²) in [5, 5.41) is 3.57. The van der Waals surface area contributed by atoms with Crippen LogP contribution in [0, 0.1) is 5.92 Å². The molecule has 2 atom stereocenters. The van der Waals surface area contributed by atoms with Crippen LogP contribution in [-0.4, -0.2) is 49.8 Å². The number of ether oxygens (including phenoxy) is 2. The molecule has 0 aliphatic carbocycles. The molecule has 2 aliphatic heterocycles. The number of likely N-dealkylation sites (tertiary alicyclic amines) is 1. The average Bonchev–Trinajstić information content (AvgIpc) is 2.99. The molecule has 2 aliphatic rings. The largest absolute Gasteiger partial charge is 0.493 e. The van der Waals surface area contributed by atoms with Crippen LogP contribution >= 0.6 is 0 Å². The summed E-state index contributed by atoms with van der Waals surface area (Å²) in [6.45, 7) is 4.26. The Morgan fingerprint density at radius 1 is 1.37 bits per heavy atom. The zero-order valence-electron chi connectivity index (χ0n) is 11.6. The second-order valence-corrected chi connectivity index (χ2v) is 5.30. The van der Waals surface area contributed by atoms with Crippen molar-refractivity contribution in [1.82, 2.24) is 15.2 Å². The van der Waals surface area contributed by atoms with E-state index in [0.717, 1.165) is 42.7 Å². The van der Waals surface area contributed by atoms with Gasteiger partial charge in [0, 0.05) is 37.9 Å². The molecule has 0 spiro atoms. The first-order valence-electron chi connectivity index (χ1n) is 6.83. The lowest BCUT2D eigenvalue weighted by molar-refractivity contribution is 0.289. The van der Waals surface area contributed by atoms with Crippen LogP contribution in [0.3, 0.4) is 0 Å². The molecular weight excluding hydrogens is 242 g/mol. The minimum Gasteiger partial charge on any atom is -0.493 e. The molecule has 1 aromatic rings. The summed E-state index contributed by atoms with van der Waals surface area (Å²) in [7, 11) is 3.33. The molecule has 0 unspecified atom stereocenters. The Labute approximate surface area is 113 Å². The van der Waals surface area contributed by atoms with E-state index in [0.29, 0.717) is 6.04 Å². The number of nitrogens with one attached hydrogen (secondary N) is 1. The maximum absolute atomic E-state index is 5.44. The van der Waals surface area contributed by atoms with Crippen LogP contribution in [0.4, 0.5) is 0 Å². The molecule has 0 radical (unpaired) electrons. The van der Waals surface area contributed by atoms with E-state index >= 15 is 0 Å². The molecular formula is C14H21N3O2. The second kappa shape index (κ2) is 5.35. The molecule has 0 aromatic carbocycles. The van der Waals surface area contributed by atoms with E-state index in [2.05, 4.69) is 15.2 Å². The third kappa shape index (κ3) is 2.40. The third-order valence-electron chi connectivity index (χ3n) is 4.18. The smallest absolute Gasteiger partial charge is 0.183 e. The first-order valence-corrected chi connectivity index (χ1v) is 6.83.